The van der Waals surface area contributed by atoms with Gasteiger partial charge in [0.1, 0.15) is 5.60 Å². The summed E-state index contributed by atoms with van der Waals surface area (Å²) in [6.45, 7) is 4.91. The molecule has 1 unspecified atom stereocenters. The summed E-state index contributed by atoms with van der Waals surface area (Å²) in [4.78, 5) is 0. The minimum absolute atomic E-state index is 0.243. The summed E-state index contributed by atoms with van der Waals surface area (Å²) in [6, 6.07) is 0. The molecule has 2 nitrogen and oxygen atoms in total. The summed E-state index contributed by atoms with van der Waals surface area (Å²) in [7, 11) is 0. The van der Waals surface area contributed by atoms with Crippen molar-refractivity contribution in [1.29, 1.82) is 0 Å². The first-order valence-electron chi connectivity index (χ1n) is 2.65. The van der Waals surface area contributed by atoms with Crippen molar-refractivity contribution in [1.82, 2.24) is 0 Å². The van der Waals surface area contributed by atoms with Crippen LogP contribution >= 0.6 is 0 Å². The Balaban J connectivity index is 3.76. The lowest BCUT2D eigenvalue weighted by Gasteiger charge is -2.17. The summed E-state index contributed by atoms with van der Waals surface area (Å²) < 4.78 is 0. The van der Waals surface area contributed by atoms with Gasteiger partial charge in [-0.25, -0.2) is 0 Å². The van der Waals surface area contributed by atoms with E-state index in [-0.39, 0.29) is 6.61 Å². The maximum atomic E-state index is 9.07. The van der Waals surface area contributed by atoms with Gasteiger partial charge >= 0.3 is 0 Å². The Morgan fingerprint density at radius 3 is 2.25 bits per heavy atom. The molecule has 0 radical (unpaired) electrons. The Hall–Kier alpha value is -0.340. The van der Waals surface area contributed by atoms with E-state index in [1.807, 2.05) is 0 Å². The van der Waals surface area contributed by atoms with Gasteiger partial charge in [-0.3, -0.25) is 0 Å². The van der Waals surface area contributed by atoms with Gasteiger partial charge in [-0.2, -0.15) is 0 Å². The second-order valence-corrected chi connectivity index (χ2v) is 1.82. The number of aliphatic hydroxyl groups excluding tert-OH is 1. The van der Waals surface area contributed by atoms with Crippen molar-refractivity contribution < 1.29 is 10.2 Å². The average molecular weight is 116 g/mol. The summed E-state index contributed by atoms with van der Waals surface area (Å²) in [5, 5.41) is 17.5. The molecule has 48 valence electrons. The van der Waals surface area contributed by atoms with Crippen LogP contribution in [0.4, 0.5) is 0 Å². The molecule has 0 rings (SSSR count). The highest BCUT2D eigenvalue weighted by atomic mass is 16.3. The second kappa shape index (κ2) is 2.84. The van der Waals surface area contributed by atoms with Gasteiger partial charge in [0.15, 0.2) is 0 Å². The van der Waals surface area contributed by atoms with E-state index in [0.717, 1.165) is 0 Å². The zero-order chi connectivity index (χ0) is 6.62. The molecule has 0 aliphatic heterocycles. The van der Waals surface area contributed by atoms with Gasteiger partial charge in [0.2, 0.25) is 0 Å². The Morgan fingerprint density at radius 2 is 2.25 bits per heavy atom. The lowest BCUT2D eigenvalue weighted by molar-refractivity contribution is 0.0247. The fourth-order valence-electron chi connectivity index (χ4n) is 0.321. The highest BCUT2D eigenvalue weighted by molar-refractivity contribution is 4.93. The van der Waals surface area contributed by atoms with Crippen LogP contribution in [0.15, 0.2) is 12.7 Å². The molecule has 0 aromatic carbocycles. The van der Waals surface area contributed by atoms with Crippen LogP contribution in [0.5, 0.6) is 0 Å². The molecular weight excluding hydrogens is 104 g/mol. The second-order valence-electron chi connectivity index (χ2n) is 1.82. The number of hydrogen-bond acceptors (Lipinski definition) is 2. The first-order chi connectivity index (χ1) is 3.68. The topological polar surface area (TPSA) is 40.5 Å². The molecule has 0 saturated carbocycles. The fraction of sp³-hybridized carbons (Fsp3) is 0.667. The first kappa shape index (κ1) is 7.66. The molecule has 2 N–H and O–H groups in total. The maximum absolute atomic E-state index is 9.07. The molecule has 0 saturated heterocycles. The zero-order valence-corrected chi connectivity index (χ0v) is 5.09. The van der Waals surface area contributed by atoms with Gasteiger partial charge in [-0.15, -0.1) is 6.58 Å². The maximum Gasteiger partial charge on any atom is 0.105 e. The number of hydrogen-bond donors (Lipinski definition) is 2. The predicted molar refractivity (Wildman–Crippen MR) is 32.5 cm³/mol. The SMILES string of the molecule is C=CC(O)(CC)CO. The standard InChI is InChI=1S/C6H12O2/c1-3-6(8,4-2)5-7/h3,7-8H,1,4-5H2,2H3. The molecule has 0 heterocycles. The normalized spacial score (nSPS) is 17.4. The van der Waals surface area contributed by atoms with Crippen molar-refractivity contribution in [3.8, 4) is 0 Å². The zero-order valence-electron chi connectivity index (χ0n) is 5.09. The van der Waals surface area contributed by atoms with E-state index in [1.165, 1.54) is 6.08 Å². The van der Waals surface area contributed by atoms with E-state index in [4.69, 9.17) is 10.2 Å². The number of rotatable bonds is 3. The molecular formula is C6H12O2. The summed E-state index contributed by atoms with van der Waals surface area (Å²) in [5.41, 5.74) is -1.06. The van der Waals surface area contributed by atoms with Gasteiger partial charge in [0, 0.05) is 0 Å². The molecule has 0 spiro atoms. The van der Waals surface area contributed by atoms with E-state index < -0.39 is 5.60 Å². The largest absolute Gasteiger partial charge is 0.393 e. The van der Waals surface area contributed by atoms with Crippen LogP contribution in [0.2, 0.25) is 0 Å². The molecule has 0 bridgehead atoms. The van der Waals surface area contributed by atoms with Crippen LogP contribution in [0.3, 0.4) is 0 Å². The molecule has 0 aliphatic carbocycles. The lowest BCUT2D eigenvalue weighted by atomic mass is 10.0. The van der Waals surface area contributed by atoms with E-state index in [2.05, 4.69) is 6.58 Å². The van der Waals surface area contributed by atoms with Crippen LogP contribution < -0.4 is 0 Å². The molecule has 8 heavy (non-hydrogen) atoms. The van der Waals surface area contributed by atoms with Crippen LogP contribution in [0.1, 0.15) is 13.3 Å². The Kier molecular flexibility index (Phi) is 2.72. The average Bonchev–Trinajstić information content (AvgIpc) is 1.87. The first-order valence-corrected chi connectivity index (χ1v) is 2.65. The Bertz CT molecular complexity index is 74.6. The molecule has 0 aromatic heterocycles. The summed E-state index contributed by atoms with van der Waals surface area (Å²) >= 11 is 0. The van der Waals surface area contributed by atoms with Gasteiger partial charge < -0.3 is 10.2 Å². The summed E-state index contributed by atoms with van der Waals surface area (Å²) in [5.74, 6) is 0. The van der Waals surface area contributed by atoms with Crippen molar-refractivity contribution in [3.63, 3.8) is 0 Å². The van der Waals surface area contributed by atoms with Crippen molar-refractivity contribution in [2.24, 2.45) is 0 Å². The van der Waals surface area contributed by atoms with Crippen molar-refractivity contribution >= 4 is 0 Å². The number of aliphatic hydroxyl groups is 2. The monoisotopic (exact) mass is 116 g/mol. The Labute approximate surface area is 49.5 Å². The van der Waals surface area contributed by atoms with E-state index in [9.17, 15) is 0 Å². The third kappa shape index (κ3) is 1.64. The van der Waals surface area contributed by atoms with Crippen LogP contribution in [-0.2, 0) is 0 Å². The molecule has 0 aliphatic rings. The predicted octanol–water partition coefficient (Wildman–Crippen LogP) is 0.306. The van der Waals surface area contributed by atoms with E-state index in [0.29, 0.717) is 6.42 Å². The third-order valence-corrected chi connectivity index (χ3v) is 1.27. The van der Waals surface area contributed by atoms with E-state index in [1.54, 1.807) is 6.92 Å². The van der Waals surface area contributed by atoms with Crippen LogP contribution in [-0.4, -0.2) is 22.4 Å². The van der Waals surface area contributed by atoms with E-state index >= 15 is 0 Å². The molecule has 0 fully saturated rings. The van der Waals surface area contributed by atoms with Crippen LogP contribution in [0.25, 0.3) is 0 Å². The lowest BCUT2D eigenvalue weighted by Crippen LogP contribution is -2.28. The van der Waals surface area contributed by atoms with Gasteiger partial charge in [0.05, 0.1) is 6.61 Å². The van der Waals surface area contributed by atoms with Crippen molar-refractivity contribution in [2.45, 2.75) is 18.9 Å². The van der Waals surface area contributed by atoms with Gasteiger partial charge in [0.25, 0.3) is 0 Å². The third-order valence-electron chi connectivity index (χ3n) is 1.27. The molecule has 1 atom stereocenters. The molecule has 2 heteroatoms. The summed E-state index contributed by atoms with van der Waals surface area (Å²) in [6.07, 6.45) is 1.86. The van der Waals surface area contributed by atoms with Crippen LogP contribution in [0, 0.1) is 0 Å². The minimum atomic E-state index is -1.06. The molecule has 0 aromatic rings. The van der Waals surface area contributed by atoms with Gasteiger partial charge in [-0.1, -0.05) is 13.0 Å². The van der Waals surface area contributed by atoms with Crippen molar-refractivity contribution in [2.75, 3.05) is 6.61 Å². The fourth-order valence-corrected chi connectivity index (χ4v) is 0.321. The highest BCUT2D eigenvalue weighted by Crippen LogP contribution is 2.08. The smallest absolute Gasteiger partial charge is 0.105 e. The Morgan fingerprint density at radius 1 is 1.75 bits per heavy atom. The van der Waals surface area contributed by atoms with Gasteiger partial charge in [-0.05, 0) is 6.42 Å². The minimum Gasteiger partial charge on any atom is -0.393 e. The quantitative estimate of drug-likeness (QED) is 0.521. The highest BCUT2D eigenvalue weighted by Gasteiger charge is 2.17. The molecule has 0 amide bonds. The van der Waals surface area contributed by atoms with Crippen molar-refractivity contribution in [3.05, 3.63) is 12.7 Å².